The molecule has 0 bridgehead atoms. The molecule has 0 aromatic heterocycles. The van der Waals surface area contributed by atoms with Gasteiger partial charge in [-0.25, -0.2) is 0 Å². The molecule has 0 unspecified atom stereocenters. The van der Waals surface area contributed by atoms with E-state index in [0.29, 0.717) is 6.42 Å². The summed E-state index contributed by atoms with van der Waals surface area (Å²) in [7, 11) is 0. The van der Waals surface area contributed by atoms with Crippen molar-refractivity contribution in [3.63, 3.8) is 0 Å². The molecule has 1 aliphatic rings. The lowest BCUT2D eigenvalue weighted by Crippen LogP contribution is -2.40. The van der Waals surface area contributed by atoms with E-state index in [4.69, 9.17) is 14.9 Å². The van der Waals surface area contributed by atoms with Gasteiger partial charge in [0, 0.05) is 6.42 Å². The Morgan fingerprint density at radius 2 is 2.22 bits per heavy atom. The number of aliphatic hydroxyl groups is 2. The molecule has 1 radical (unpaired) electrons. The van der Waals surface area contributed by atoms with Gasteiger partial charge in [-0.15, -0.1) is 0 Å². The Hall–Kier alpha value is -0.120. The average molecular weight is 131 g/mol. The summed E-state index contributed by atoms with van der Waals surface area (Å²) in [6.07, 6.45) is -1.22. The fourth-order valence-corrected chi connectivity index (χ4v) is 0.839. The van der Waals surface area contributed by atoms with Crippen molar-refractivity contribution in [2.75, 3.05) is 0 Å². The molecule has 3 nitrogen and oxygen atoms in total. The lowest BCUT2D eigenvalue weighted by Gasteiger charge is -2.28. The predicted octanol–water partition coefficient (Wildman–Crippen LogP) is -0.321. The normalized spacial score (nSPS) is 45.0. The zero-order chi connectivity index (χ0) is 6.85. The quantitative estimate of drug-likeness (QED) is 0.473. The van der Waals surface area contributed by atoms with E-state index in [0.717, 1.165) is 0 Å². The Bertz CT molecular complexity index is 84.3. The third kappa shape index (κ3) is 1.41. The standard InChI is InChI=1S/C6H11O3/c1-4-6(8)5(7)2-3-9-4/h3-8H,2H2,1H3/t4-,5-,6-/m1/s1. The van der Waals surface area contributed by atoms with Crippen molar-refractivity contribution in [2.45, 2.75) is 31.7 Å². The van der Waals surface area contributed by atoms with Crippen LogP contribution in [-0.2, 0) is 4.74 Å². The highest BCUT2D eigenvalue weighted by atomic mass is 16.5. The van der Waals surface area contributed by atoms with Gasteiger partial charge in [0.1, 0.15) is 6.10 Å². The fourth-order valence-electron chi connectivity index (χ4n) is 0.839. The van der Waals surface area contributed by atoms with Crippen LogP contribution in [0.3, 0.4) is 0 Å². The minimum atomic E-state index is -0.727. The molecule has 3 heteroatoms. The van der Waals surface area contributed by atoms with Crippen LogP contribution >= 0.6 is 0 Å². The average Bonchev–Trinajstić information content (AvgIpc) is 1.83. The van der Waals surface area contributed by atoms with Crippen LogP contribution in [0.4, 0.5) is 0 Å². The Balaban J connectivity index is 2.41. The van der Waals surface area contributed by atoms with E-state index in [2.05, 4.69) is 0 Å². The predicted molar refractivity (Wildman–Crippen MR) is 31.5 cm³/mol. The van der Waals surface area contributed by atoms with Crippen LogP contribution in [0.15, 0.2) is 0 Å². The van der Waals surface area contributed by atoms with E-state index in [1.54, 1.807) is 6.92 Å². The summed E-state index contributed by atoms with van der Waals surface area (Å²) in [5, 5.41) is 18.0. The molecular formula is C6H11O3. The number of rotatable bonds is 0. The summed E-state index contributed by atoms with van der Waals surface area (Å²) in [5.41, 5.74) is 0. The second-order valence-electron chi connectivity index (χ2n) is 2.30. The Kier molecular flexibility index (Phi) is 2.05. The summed E-state index contributed by atoms with van der Waals surface area (Å²) >= 11 is 0. The Morgan fingerprint density at radius 3 is 2.67 bits per heavy atom. The maximum atomic E-state index is 9.05. The number of ether oxygens (including phenoxy) is 1. The van der Waals surface area contributed by atoms with E-state index >= 15 is 0 Å². The van der Waals surface area contributed by atoms with Gasteiger partial charge in [0.2, 0.25) is 0 Å². The van der Waals surface area contributed by atoms with E-state index in [-0.39, 0.29) is 6.10 Å². The first-order chi connectivity index (χ1) is 4.22. The SMILES string of the molecule is C[C@H]1O[CH]C[C@@H](O)[C@@H]1O. The molecule has 1 rings (SSSR count). The molecule has 0 aromatic carbocycles. The van der Waals surface area contributed by atoms with Crippen LogP contribution in [-0.4, -0.2) is 28.5 Å². The van der Waals surface area contributed by atoms with Crippen LogP contribution in [0.5, 0.6) is 0 Å². The van der Waals surface area contributed by atoms with Crippen molar-refractivity contribution in [2.24, 2.45) is 0 Å². The number of hydrogen-bond donors (Lipinski definition) is 2. The van der Waals surface area contributed by atoms with Crippen LogP contribution in [0.1, 0.15) is 13.3 Å². The van der Waals surface area contributed by atoms with Crippen LogP contribution in [0, 0.1) is 6.61 Å². The maximum absolute atomic E-state index is 9.05. The molecule has 3 atom stereocenters. The Morgan fingerprint density at radius 1 is 1.56 bits per heavy atom. The van der Waals surface area contributed by atoms with E-state index in [1.165, 1.54) is 6.61 Å². The topological polar surface area (TPSA) is 49.7 Å². The largest absolute Gasteiger partial charge is 0.390 e. The van der Waals surface area contributed by atoms with Gasteiger partial charge < -0.3 is 14.9 Å². The molecule has 0 saturated carbocycles. The summed E-state index contributed by atoms with van der Waals surface area (Å²) in [6.45, 7) is 3.26. The van der Waals surface area contributed by atoms with Gasteiger partial charge >= 0.3 is 0 Å². The monoisotopic (exact) mass is 131 g/mol. The molecule has 0 aromatic rings. The minimum absolute atomic E-state index is 0.270. The van der Waals surface area contributed by atoms with Crippen molar-refractivity contribution in [1.29, 1.82) is 0 Å². The molecule has 0 aliphatic carbocycles. The molecule has 1 heterocycles. The van der Waals surface area contributed by atoms with E-state index in [1.807, 2.05) is 0 Å². The van der Waals surface area contributed by atoms with E-state index in [9.17, 15) is 0 Å². The molecular weight excluding hydrogens is 120 g/mol. The van der Waals surface area contributed by atoms with Gasteiger partial charge in [0.15, 0.2) is 0 Å². The summed E-state index contributed by atoms with van der Waals surface area (Å²) in [6, 6.07) is 0. The molecule has 53 valence electrons. The molecule has 9 heavy (non-hydrogen) atoms. The highest BCUT2D eigenvalue weighted by molar-refractivity contribution is 4.81. The first-order valence-electron chi connectivity index (χ1n) is 3.05. The van der Waals surface area contributed by atoms with Crippen LogP contribution in [0.25, 0.3) is 0 Å². The zero-order valence-corrected chi connectivity index (χ0v) is 5.32. The number of aliphatic hydroxyl groups excluding tert-OH is 2. The molecule has 1 aliphatic heterocycles. The number of hydrogen-bond acceptors (Lipinski definition) is 3. The maximum Gasteiger partial charge on any atom is 0.106 e. The third-order valence-corrected chi connectivity index (χ3v) is 1.52. The van der Waals surface area contributed by atoms with Crippen molar-refractivity contribution < 1.29 is 14.9 Å². The second-order valence-corrected chi connectivity index (χ2v) is 2.30. The first kappa shape index (κ1) is 6.99. The van der Waals surface area contributed by atoms with Crippen molar-refractivity contribution >= 4 is 0 Å². The molecule has 2 N–H and O–H groups in total. The van der Waals surface area contributed by atoms with Gasteiger partial charge in [-0.05, 0) is 6.92 Å². The summed E-state index contributed by atoms with van der Waals surface area (Å²) in [4.78, 5) is 0. The van der Waals surface area contributed by atoms with Gasteiger partial charge in [-0.2, -0.15) is 0 Å². The lowest BCUT2D eigenvalue weighted by atomic mass is 10.0. The first-order valence-corrected chi connectivity index (χ1v) is 3.05. The Labute approximate surface area is 54.3 Å². The van der Waals surface area contributed by atoms with Gasteiger partial charge in [-0.3, -0.25) is 0 Å². The summed E-state index contributed by atoms with van der Waals surface area (Å²) < 4.78 is 4.93. The summed E-state index contributed by atoms with van der Waals surface area (Å²) in [5.74, 6) is 0. The zero-order valence-electron chi connectivity index (χ0n) is 5.32. The van der Waals surface area contributed by atoms with Crippen molar-refractivity contribution in [3.05, 3.63) is 6.61 Å². The van der Waals surface area contributed by atoms with Gasteiger partial charge in [0.25, 0.3) is 0 Å². The highest BCUT2D eigenvalue weighted by Crippen LogP contribution is 2.16. The highest BCUT2D eigenvalue weighted by Gasteiger charge is 2.27. The minimum Gasteiger partial charge on any atom is -0.390 e. The third-order valence-electron chi connectivity index (χ3n) is 1.52. The van der Waals surface area contributed by atoms with Crippen molar-refractivity contribution in [3.8, 4) is 0 Å². The van der Waals surface area contributed by atoms with Gasteiger partial charge in [0.05, 0.1) is 18.8 Å². The van der Waals surface area contributed by atoms with E-state index < -0.39 is 12.2 Å². The van der Waals surface area contributed by atoms with Crippen LogP contribution < -0.4 is 0 Å². The van der Waals surface area contributed by atoms with Gasteiger partial charge in [-0.1, -0.05) is 0 Å². The fraction of sp³-hybridized carbons (Fsp3) is 0.833. The lowest BCUT2D eigenvalue weighted by molar-refractivity contribution is -0.103. The molecule has 1 saturated heterocycles. The molecule has 1 fully saturated rings. The van der Waals surface area contributed by atoms with Crippen LogP contribution in [0.2, 0.25) is 0 Å². The molecule has 0 spiro atoms. The van der Waals surface area contributed by atoms with Crippen molar-refractivity contribution in [1.82, 2.24) is 0 Å². The second kappa shape index (κ2) is 2.64. The molecule has 0 amide bonds. The smallest absolute Gasteiger partial charge is 0.106 e.